The number of aromatic nitrogens is 2. The molecule has 0 saturated carbocycles. The van der Waals surface area contributed by atoms with Crippen LogP contribution in [0.25, 0.3) is 0 Å². The molecule has 1 unspecified atom stereocenters. The van der Waals surface area contributed by atoms with E-state index in [0.29, 0.717) is 25.1 Å². The van der Waals surface area contributed by atoms with Gasteiger partial charge in [0.2, 0.25) is 15.9 Å². The van der Waals surface area contributed by atoms with E-state index in [-0.39, 0.29) is 16.6 Å². The predicted molar refractivity (Wildman–Crippen MR) is 73.3 cm³/mol. The molecule has 1 amide bonds. The highest BCUT2D eigenvalue weighted by Gasteiger charge is 2.41. The van der Waals surface area contributed by atoms with Crippen molar-refractivity contribution >= 4 is 21.7 Å². The molecule has 1 aliphatic rings. The van der Waals surface area contributed by atoms with E-state index >= 15 is 0 Å². The number of nitrogens with zero attached hydrogens (tertiary/aromatic N) is 3. The van der Waals surface area contributed by atoms with Crippen LogP contribution in [0.4, 0.5) is 5.82 Å². The minimum Gasteiger partial charge on any atom is -0.381 e. The first-order chi connectivity index (χ1) is 9.30. The molecule has 0 aromatic carbocycles. The fourth-order valence-corrected chi connectivity index (χ4v) is 4.46. The smallest absolute Gasteiger partial charge is 0.249 e. The monoisotopic (exact) mass is 301 g/mol. The maximum absolute atomic E-state index is 12.7. The largest absolute Gasteiger partial charge is 0.381 e. The highest BCUT2D eigenvalue weighted by Crippen LogP contribution is 2.30. The van der Waals surface area contributed by atoms with Gasteiger partial charge in [-0.3, -0.25) is 9.48 Å². The van der Waals surface area contributed by atoms with Crippen LogP contribution in [0.15, 0.2) is 4.90 Å². The van der Waals surface area contributed by atoms with E-state index in [4.69, 9.17) is 5.73 Å². The summed E-state index contributed by atoms with van der Waals surface area (Å²) >= 11 is 0. The van der Waals surface area contributed by atoms with Gasteiger partial charge in [-0.2, -0.15) is 9.40 Å². The fraction of sp³-hybridized carbons (Fsp3) is 0.636. The Labute approximate surface area is 118 Å². The van der Waals surface area contributed by atoms with Crippen molar-refractivity contribution in [3.63, 3.8) is 0 Å². The molecule has 8 nitrogen and oxygen atoms in total. The molecule has 1 fully saturated rings. The minimum atomic E-state index is -3.82. The van der Waals surface area contributed by atoms with Gasteiger partial charge in [0, 0.05) is 20.6 Å². The molecule has 0 spiro atoms. The van der Waals surface area contributed by atoms with E-state index in [1.54, 1.807) is 14.0 Å². The van der Waals surface area contributed by atoms with E-state index in [0.717, 1.165) is 0 Å². The molecule has 1 atom stereocenters. The van der Waals surface area contributed by atoms with Crippen LogP contribution in [-0.4, -0.2) is 48.0 Å². The molecule has 20 heavy (non-hydrogen) atoms. The second kappa shape index (κ2) is 5.06. The highest BCUT2D eigenvalue weighted by atomic mass is 32.2. The first-order valence-corrected chi connectivity index (χ1v) is 7.77. The molecule has 1 aromatic heterocycles. The quantitative estimate of drug-likeness (QED) is 0.760. The fourth-order valence-electron chi connectivity index (χ4n) is 2.51. The van der Waals surface area contributed by atoms with Crippen molar-refractivity contribution in [2.75, 3.05) is 19.3 Å². The number of aryl methyl sites for hydroxylation is 1. The maximum atomic E-state index is 12.7. The van der Waals surface area contributed by atoms with Crippen molar-refractivity contribution in [3.8, 4) is 0 Å². The zero-order valence-corrected chi connectivity index (χ0v) is 12.6. The minimum absolute atomic E-state index is 0.00389. The summed E-state index contributed by atoms with van der Waals surface area (Å²) < 4.78 is 28.1. The van der Waals surface area contributed by atoms with Gasteiger partial charge in [-0.1, -0.05) is 0 Å². The van der Waals surface area contributed by atoms with Crippen LogP contribution in [0, 0.1) is 6.92 Å². The standard InChI is InChI=1S/C11H19N5O3S/c1-7-9(10(12)14-15(7)3)20(18,19)16-6-4-5-8(16)11(17)13-2/h8H,4-6H2,1-3H3,(H2,12,14)(H,13,17). The second-order valence-corrected chi connectivity index (χ2v) is 6.64. The van der Waals surface area contributed by atoms with Crippen LogP contribution in [-0.2, 0) is 21.9 Å². The number of likely N-dealkylation sites (N-methyl/N-ethyl adjacent to an activating group) is 1. The van der Waals surface area contributed by atoms with Gasteiger partial charge >= 0.3 is 0 Å². The van der Waals surface area contributed by atoms with Gasteiger partial charge in [0.15, 0.2) is 5.82 Å². The van der Waals surface area contributed by atoms with Gasteiger partial charge < -0.3 is 11.1 Å². The number of nitrogens with one attached hydrogen (secondary N) is 1. The number of rotatable bonds is 3. The molecule has 0 bridgehead atoms. The van der Waals surface area contributed by atoms with Crippen molar-refractivity contribution < 1.29 is 13.2 Å². The summed E-state index contributed by atoms with van der Waals surface area (Å²) in [6.45, 7) is 1.95. The molecule has 2 rings (SSSR count). The zero-order chi connectivity index (χ0) is 15.1. The first kappa shape index (κ1) is 14.8. The van der Waals surface area contributed by atoms with Crippen molar-refractivity contribution in [3.05, 3.63) is 5.69 Å². The average Bonchev–Trinajstić information content (AvgIpc) is 2.95. The molecule has 0 radical (unpaired) electrons. The summed E-state index contributed by atoms with van der Waals surface area (Å²) in [6, 6.07) is -0.677. The lowest BCUT2D eigenvalue weighted by Crippen LogP contribution is -2.45. The lowest BCUT2D eigenvalue weighted by atomic mass is 10.2. The number of amides is 1. The second-order valence-electron chi connectivity index (χ2n) is 4.81. The van der Waals surface area contributed by atoms with E-state index in [2.05, 4.69) is 10.4 Å². The Kier molecular flexibility index (Phi) is 3.74. The van der Waals surface area contributed by atoms with Crippen LogP contribution >= 0.6 is 0 Å². The average molecular weight is 301 g/mol. The molecule has 3 N–H and O–H groups in total. The van der Waals surface area contributed by atoms with Gasteiger partial charge in [-0.25, -0.2) is 8.42 Å². The Morgan fingerprint density at radius 3 is 2.65 bits per heavy atom. The molecular formula is C11H19N5O3S. The Morgan fingerprint density at radius 2 is 2.15 bits per heavy atom. The predicted octanol–water partition coefficient (Wildman–Crippen LogP) is -0.790. The lowest BCUT2D eigenvalue weighted by Gasteiger charge is -2.22. The molecule has 2 heterocycles. The van der Waals surface area contributed by atoms with Crippen LogP contribution in [0.5, 0.6) is 0 Å². The molecule has 1 aromatic rings. The van der Waals surface area contributed by atoms with Crippen molar-refractivity contribution in [2.24, 2.45) is 7.05 Å². The Bertz CT molecular complexity index is 637. The SMILES string of the molecule is CNC(=O)C1CCCN1S(=O)(=O)c1c(N)nn(C)c1C. The molecule has 1 saturated heterocycles. The Hall–Kier alpha value is -1.61. The van der Waals surface area contributed by atoms with E-state index < -0.39 is 16.1 Å². The Balaban J connectivity index is 2.47. The van der Waals surface area contributed by atoms with Crippen molar-refractivity contribution in [1.29, 1.82) is 0 Å². The lowest BCUT2D eigenvalue weighted by molar-refractivity contribution is -0.123. The van der Waals surface area contributed by atoms with Crippen LogP contribution in [0.3, 0.4) is 0 Å². The third-order valence-electron chi connectivity index (χ3n) is 3.62. The van der Waals surface area contributed by atoms with Gasteiger partial charge in [0.1, 0.15) is 10.9 Å². The summed E-state index contributed by atoms with van der Waals surface area (Å²) in [5.41, 5.74) is 6.17. The van der Waals surface area contributed by atoms with E-state index in [9.17, 15) is 13.2 Å². The molecule has 1 aliphatic heterocycles. The summed E-state index contributed by atoms with van der Waals surface area (Å²) in [4.78, 5) is 11.8. The van der Waals surface area contributed by atoms with Gasteiger partial charge in [-0.05, 0) is 19.8 Å². The molecule has 0 aliphatic carbocycles. The number of hydrogen-bond donors (Lipinski definition) is 2. The van der Waals surface area contributed by atoms with Crippen molar-refractivity contribution in [2.45, 2.75) is 30.7 Å². The third kappa shape index (κ3) is 2.16. The summed E-state index contributed by atoms with van der Waals surface area (Å²) in [5, 5.41) is 6.42. The van der Waals surface area contributed by atoms with E-state index in [1.165, 1.54) is 16.0 Å². The summed E-state index contributed by atoms with van der Waals surface area (Å²) in [5.74, 6) is -0.334. The molecule has 9 heteroatoms. The number of nitrogen functional groups attached to an aromatic ring is 1. The van der Waals surface area contributed by atoms with Crippen LogP contribution in [0.1, 0.15) is 18.5 Å². The number of anilines is 1. The number of hydrogen-bond acceptors (Lipinski definition) is 5. The normalized spacial score (nSPS) is 20.2. The molecular weight excluding hydrogens is 282 g/mol. The van der Waals surface area contributed by atoms with Gasteiger partial charge in [-0.15, -0.1) is 0 Å². The summed E-state index contributed by atoms with van der Waals surface area (Å²) in [6.07, 6.45) is 1.16. The number of carbonyl (C=O) groups excluding carboxylic acids is 1. The zero-order valence-electron chi connectivity index (χ0n) is 11.8. The van der Waals surface area contributed by atoms with Gasteiger partial charge in [0.05, 0.1) is 5.69 Å². The number of carbonyl (C=O) groups is 1. The van der Waals surface area contributed by atoms with Crippen molar-refractivity contribution in [1.82, 2.24) is 19.4 Å². The topological polar surface area (TPSA) is 110 Å². The molecule has 112 valence electrons. The van der Waals surface area contributed by atoms with Crippen LogP contribution in [0.2, 0.25) is 0 Å². The first-order valence-electron chi connectivity index (χ1n) is 6.33. The number of nitrogens with two attached hydrogens (primary N) is 1. The summed E-state index contributed by atoms with van der Waals surface area (Å²) in [7, 11) is -0.694. The number of sulfonamides is 1. The third-order valence-corrected chi connectivity index (χ3v) is 5.70. The Morgan fingerprint density at radius 1 is 1.50 bits per heavy atom. The van der Waals surface area contributed by atoms with Gasteiger partial charge in [0.25, 0.3) is 0 Å². The maximum Gasteiger partial charge on any atom is 0.249 e. The highest BCUT2D eigenvalue weighted by molar-refractivity contribution is 7.89. The van der Waals surface area contributed by atoms with Crippen LogP contribution < -0.4 is 11.1 Å². The van der Waals surface area contributed by atoms with E-state index in [1.807, 2.05) is 0 Å².